The van der Waals surface area contributed by atoms with Gasteiger partial charge in [-0.25, -0.2) is 0 Å². The fourth-order valence-corrected chi connectivity index (χ4v) is 4.21. The maximum atomic E-state index is 13.3. The first kappa shape index (κ1) is 23.8. The average Bonchev–Trinajstić information content (AvgIpc) is 3.28. The van der Waals surface area contributed by atoms with E-state index < -0.39 is 6.04 Å². The molecule has 1 atom stereocenters. The molecule has 32 heavy (non-hydrogen) atoms. The molecule has 0 aliphatic heterocycles. The van der Waals surface area contributed by atoms with Crippen molar-refractivity contribution in [2.45, 2.75) is 78.4 Å². The number of aryl methyl sites for hydroxylation is 3. The maximum absolute atomic E-state index is 13.3. The van der Waals surface area contributed by atoms with Crippen molar-refractivity contribution in [2.24, 2.45) is 0 Å². The van der Waals surface area contributed by atoms with Crippen LogP contribution in [0.15, 0.2) is 42.5 Å². The summed E-state index contributed by atoms with van der Waals surface area (Å²) in [5, 5.41) is 3.17. The van der Waals surface area contributed by atoms with Crippen LogP contribution in [0, 0.1) is 20.8 Å². The molecule has 0 aromatic heterocycles. The Balaban J connectivity index is 1.75. The van der Waals surface area contributed by atoms with Crippen molar-refractivity contribution in [1.29, 1.82) is 0 Å². The summed E-state index contributed by atoms with van der Waals surface area (Å²) in [4.78, 5) is 28.1. The number of nitrogens with one attached hydrogen (secondary N) is 1. The number of amides is 2. The zero-order valence-electron chi connectivity index (χ0n) is 19.8. The van der Waals surface area contributed by atoms with Gasteiger partial charge in [-0.3, -0.25) is 9.59 Å². The summed E-state index contributed by atoms with van der Waals surface area (Å²) in [6.07, 6.45) is 4.89. The van der Waals surface area contributed by atoms with Gasteiger partial charge in [0.2, 0.25) is 5.91 Å². The zero-order valence-corrected chi connectivity index (χ0v) is 19.8. The summed E-state index contributed by atoms with van der Waals surface area (Å²) >= 11 is 0. The third-order valence-corrected chi connectivity index (χ3v) is 6.40. The highest BCUT2D eigenvalue weighted by molar-refractivity contribution is 5.88. The van der Waals surface area contributed by atoms with E-state index in [1.807, 2.05) is 70.2 Å². The first-order valence-corrected chi connectivity index (χ1v) is 11.7. The predicted octanol–water partition coefficient (Wildman–Crippen LogP) is 4.86. The minimum Gasteiger partial charge on any atom is -0.484 e. The van der Waals surface area contributed by atoms with E-state index in [0.29, 0.717) is 18.7 Å². The van der Waals surface area contributed by atoms with E-state index in [2.05, 4.69) is 5.32 Å². The Morgan fingerprint density at radius 3 is 2.34 bits per heavy atom. The molecule has 0 spiro atoms. The van der Waals surface area contributed by atoms with Gasteiger partial charge in [-0.1, -0.05) is 55.7 Å². The summed E-state index contributed by atoms with van der Waals surface area (Å²) in [5.74, 6) is 0.420. The van der Waals surface area contributed by atoms with Crippen molar-refractivity contribution in [3.63, 3.8) is 0 Å². The fraction of sp³-hybridized carbons (Fsp3) is 0.481. The first-order chi connectivity index (χ1) is 15.4. The molecule has 2 amide bonds. The van der Waals surface area contributed by atoms with Gasteiger partial charge in [-0.05, 0) is 68.9 Å². The minimum atomic E-state index is -0.521. The highest BCUT2D eigenvalue weighted by atomic mass is 16.5. The van der Waals surface area contributed by atoms with Gasteiger partial charge in [-0.15, -0.1) is 0 Å². The monoisotopic (exact) mass is 436 g/mol. The third-order valence-electron chi connectivity index (χ3n) is 6.40. The van der Waals surface area contributed by atoms with E-state index in [0.717, 1.165) is 42.4 Å². The SMILES string of the molecule is CCC(C(=O)NC1CCCC1)N(Cc1ccc(C)cc1)C(=O)COc1ccc(C)c(C)c1. The lowest BCUT2D eigenvalue weighted by Gasteiger charge is -2.31. The number of hydrogen-bond acceptors (Lipinski definition) is 3. The van der Waals surface area contributed by atoms with Crippen molar-refractivity contribution < 1.29 is 14.3 Å². The van der Waals surface area contributed by atoms with Crippen molar-refractivity contribution in [2.75, 3.05) is 6.61 Å². The Morgan fingerprint density at radius 2 is 1.72 bits per heavy atom. The molecular weight excluding hydrogens is 400 g/mol. The van der Waals surface area contributed by atoms with E-state index in [1.54, 1.807) is 4.90 Å². The molecule has 2 aromatic rings. The second-order valence-electron chi connectivity index (χ2n) is 8.96. The van der Waals surface area contributed by atoms with Gasteiger partial charge in [0.1, 0.15) is 11.8 Å². The lowest BCUT2D eigenvalue weighted by molar-refractivity contribution is -0.143. The van der Waals surface area contributed by atoms with E-state index in [1.165, 1.54) is 5.56 Å². The molecule has 1 aliphatic rings. The molecule has 1 saturated carbocycles. The molecule has 172 valence electrons. The second-order valence-corrected chi connectivity index (χ2v) is 8.96. The van der Waals surface area contributed by atoms with Gasteiger partial charge >= 0.3 is 0 Å². The molecular formula is C27H36N2O3. The topological polar surface area (TPSA) is 58.6 Å². The molecule has 5 nitrogen and oxygen atoms in total. The molecule has 1 N–H and O–H groups in total. The zero-order chi connectivity index (χ0) is 23.1. The molecule has 2 aromatic carbocycles. The highest BCUT2D eigenvalue weighted by Crippen LogP contribution is 2.20. The Kier molecular flexibility index (Phi) is 8.32. The van der Waals surface area contributed by atoms with E-state index >= 15 is 0 Å². The van der Waals surface area contributed by atoms with Gasteiger partial charge in [0, 0.05) is 12.6 Å². The van der Waals surface area contributed by atoms with Gasteiger partial charge < -0.3 is 15.0 Å². The quantitative estimate of drug-likeness (QED) is 0.611. The second kappa shape index (κ2) is 11.2. The molecule has 0 radical (unpaired) electrons. The van der Waals surface area contributed by atoms with Crippen LogP contribution in [-0.2, 0) is 16.1 Å². The highest BCUT2D eigenvalue weighted by Gasteiger charge is 2.30. The molecule has 1 unspecified atom stereocenters. The minimum absolute atomic E-state index is 0.0638. The predicted molar refractivity (Wildman–Crippen MR) is 128 cm³/mol. The molecule has 1 aliphatic carbocycles. The molecule has 3 rings (SSSR count). The molecule has 0 bridgehead atoms. The van der Waals surface area contributed by atoms with Crippen LogP contribution in [-0.4, -0.2) is 35.4 Å². The number of benzene rings is 2. The lowest BCUT2D eigenvalue weighted by atomic mass is 10.1. The number of rotatable bonds is 9. The van der Waals surface area contributed by atoms with Crippen LogP contribution in [0.25, 0.3) is 0 Å². The van der Waals surface area contributed by atoms with Crippen molar-refractivity contribution >= 4 is 11.8 Å². The molecule has 0 saturated heterocycles. The normalized spacial score (nSPS) is 14.8. The Labute approximate surface area is 192 Å². The smallest absolute Gasteiger partial charge is 0.261 e. The van der Waals surface area contributed by atoms with Crippen LogP contribution in [0.3, 0.4) is 0 Å². The van der Waals surface area contributed by atoms with Gasteiger partial charge in [0.05, 0.1) is 0 Å². The average molecular weight is 437 g/mol. The van der Waals surface area contributed by atoms with E-state index in [-0.39, 0.29) is 24.5 Å². The number of carbonyl (C=O) groups excluding carboxylic acids is 2. The number of hydrogen-bond donors (Lipinski definition) is 1. The van der Waals surface area contributed by atoms with Gasteiger partial charge in [-0.2, -0.15) is 0 Å². The van der Waals surface area contributed by atoms with Crippen LogP contribution in [0.1, 0.15) is 61.3 Å². The Morgan fingerprint density at radius 1 is 1.03 bits per heavy atom. The van der Waals surface area contributed by atoms with Crippen LogP contribution in [0.5, 0.6) is 5.75 Å². The number of carbonyl (C=O) groups is 2. The lowest BCUT2D eigenvalue weighted by Crippen LogP contribution is -2.52. The summed E-state index contributed by atoms with van der Waals surface area (Å²) in [5.41, 5.74) is 4.46. The van der Waals surface area contributed by atoms with Crippen LogP contribution in [0.4, 0.5) is 0 Å². The Bertz CT molecular complexity index is 917. The summed E-state index contributed by atoms with van der Waals surface area (Å²) in [6.45, 7) is 8.34. The molecule has 1 fully saturated rings. The largest absolute Gasteiger partial charge is 0.484 e. The summed E-state index contributed by atoms with van der Waals surface area (Å²) < 4.78 is 5.83. The third kappa shape index (κ3) is 6.35. The standard InChI is InChI=1S/C27H36N2O3/c1-5-25(27(31)28-23-8-6-7-9-23)29(17-22-13-10-19(2)11-14-22)26(30)18-32-24-15-12-20(3)21(4)16-24/h10-16,23,25H,5-9,17-18H2,1-4H3,(H,28,31). The fourth-order valence-electron chi connectivity index (χ4n) is 4.21. The van der Waals surface area contributed by atoms with Crippen molar-refractivity contribution in [1.82, 2.24) is 10.2 Å². The van der Waals surface area contributed by atoms with Crippen LogP contribution >= 0.6 is 0 Å². The number of ether oxygens (including phenoxy) is 1. The summed E-state index contributed by atoms with van der Waals surface area (Å²) in [6, 6.07) is 13.6. The van der Waals surface area contributed by atoms with Gasteiger partial charge in [0.15, 0.2) is 6.61 Å². The number of nitrogens with zero attached hydrogens (tertiary/aromatic N) is 1. The van der Waals surface area contributed by atoms with E-state index in [9.17, 15) is 9.59 Å². The van der Waals surface area contributed by atoms with Gasteiger partial charge in [0.25, 0.3) is 5.91 Å². The van der Waals surface area contributed by atoms with Crippen molar-refractivity contribution in [3.8, 4) is 5.75 Å². The van der Waals surface area contributed by atoms with Crippen molar-refractivity contribution in [3.05, 3.63) is 64.7 Å². The molecule has 5 heteroatoms. The van der Waals surface area contributed by atoms with Crippen LogP contribution < -0.4 is 10.1 Å². The summed E-state index contributed by atoms with van der Waals surface area (Å²) in [7, 11) is 0. The molecule has 0 heterocycles. The first-order valence-electron chi connectivity index (χ1n) is 11.7. The Hall–Kier alpha value is -2.82. The maximum Gasteiger partial charge on any atom is 0.261 e. The van der Waals surface area contributed by atoms with E-state index in [4.69, 9.17) is 4.74 Å². The van der Waals surface area contributed by atoms with Crippen LogP contribution in [0.2, 0.25) is 0 Å².